The van der Waals surface area contributed by atoms with Crippen LogP contribution in [0.3, 0.4) is 0 Å². The van der Waals surface area contributed by atoms with Gasteiger partial charge < -0.3 is 15.3 Å². The Morgan fingerprint density at radius 1 is 1.05 bits per heavy atom. The van der Waals surface area contributed by atoms with Gasteiger partial charge in [0.05, 0.1) is 22.5 Å². The predicted molar refractivity (Wildman–Crippen MR) is 143 cm³/mol. The number of fused-ring (bicyclic) bond motifs is 1. The Hall–Kier alpha value is -3.70. The molecule has 196 valence electrons. The number of aryl methyl sites for hydroxylation is 1. The molecule has 0 unspecified atom stereocenters. The van der Waals surface area contributed by atoms with E-state index in [9.17, 15) is 23.1 Å². The molecule has 1 aliphatic rings. The van der Waals surface area contributed by atoms with Gasteiger partial charge in [0.1, 0.15) is 5.82 Å². The van der Waals surface area contributed by atoms with Crippen LogP contribution < -0.4 is 14.9 Å². The Labute approximate surface area is 216 Å². The Morgan fingerprint density at radius 2 is 1.78 bits per heavy atom. The molecule has 0 radical (unpaired) electrons. The zero-order valence-electron chi connectivity index (χ0n) is 21.1. The third-order valence-electron chi connectivity index (χ3n) is 6.09. The van der Waals surface area contributed by atoms with Crippen molar-refractivity contribution in [3.8, 4) is 0 Å². The summed E-state index contributed by atoms with van der Waals surface area (Å²) >= 11 is 0. The molecule has 1 aliphatic heterocycles. The zero-order valence-corrected chi connectivity index (χ0v) is 21.9. The molecule has 0 bridgehead atoms. The number of amides is 1. The van der Waals surface area contributed by atoms with Crippen molar-refractivity contribution in [2.24, 2.45) is 0 Å². The van der Waals surface area contributed by atoms with E-state index in [0.29, 0.717) is 49.4 Å². The zero-order chi connectivity index (χ0) is 26.7. The highest BCUT2D eigenvalue weighted by atomic mass is 32.2. The molecule has 10 nitrogen and oxygen atoms in total. The van der Waals surface area contributed by atoms with Gasteiger partial charge in [0.25, 0.3) is 10.0 Å². The second-order valence-corrected chi connectivity index (χ2v) is 11.2. The molecule has 2 aromatic carbocycles. The van der Waals surface area contributed by atoms with Gasteiger partial charge in [-0.15, -0.1) is 0 Å². The van der Waals surface area contributed by atoms with Crippen molar-refractivity contribution in [3.63, 3.8) is 0 Å². The van der Waals surface area contributed by atoms with E-state index in [1.54, 1.807) is 37.3 Å². The second-order valence-electron chi connectivity index (χ2n) is 9.47. The fourth-order valence-corrected chi connectivity index (χ4v) is 5.47. The lowest BCUT2D eigenvalue weighted by molar-refractivity contribution is -0.122. The summed E-state index contributed by atoms with van der Waals surface area (Å²) in [4.78, 5) is 33.0. The number of hydrogen-bond acceptors (Lipinski definition) is 7. The standard InChI is InChI=1S/C26H31N5O5S/c1-17(2)27-25(32)16-30-9-11-31(12-10-30)24-15-22(26(33)34)21-14-19(7-8-23(21)28-24)29-37(35,36)20-6-4-5-18(3)13-20/h4-8,13-15,17,29H,9-12,16H2,1-3H3,(H,27,32)(H,33,34). The van der Waals surface area contributed by atoms with Gasteiger partial charge in [-0.1, -0.05) is 12.1 Å². The van der Waals surface area contributed by atoms with Crippen LogP contribution >= 0.6 is 0 Å². The van der Waals surface area contributed by atoms with Crippen molar-refractivity contribution in [1.29, 1.82) is 0 Å². The van der Waals surface area contributed by atoms with Crippen molar-refractivity contribution in [3.05, 3.63) is 59.7 Å². The smallest absolute Gasteiger partial charge is 0.336 e. The van der Waals surface area contributed by atoms with E-state index in [-0.39, 0.29) is 28.1 Å². The highest BCUT2D eigenvalue weighted by Gasteiger charge is 2.23. The van der Waals surface area contributed by atoms with Gasteiger partial charge in [-0.2, -0.15) is 0 Å². The molecule has 1 saturated heterocycles. The first-order valence-electron chi connectivity index (χ1n) is 12.1. The number of benzene rings is 2. The molecule has 0 atom stereocenters. The van der Waals surface area contributed by atoms with E-state index in [1.807, 2.05) is 18.7 Å². The summed E-state index contributed by atoms with van der Waals surface area (Å²) in [6, 6.07) is 12.8. The van der Waals surface area contributed by atoms with E-state index in [4.69, 9.17) is 0 Å². The topological polar surface area (TPSA) is 132 Å². The molecule has 2 heterocycles. The molecule has 3 aromatic rings. The van der Waals surface area contributed by atoms with Gasteiger partial charge in [0.15, 0.2) is 0 Å². The van der Waals surface area contributed by atoms with Crippen molar-refractivity contribution in [2.75, 3.05) is 42.3 Å². The summed E-state index contributed by atoms with van der Waals surface area (Å²) in [6.45, 7) is 8.45. The van der Waals surface area contributed by atoms with Gasteiger partial charge >= 0.3 is 5.97 Å². The summed E-state index contributed by atoms with van der Waals surface area (Å²) in [7, 11) is -3.84. The average molecular weight is 526 g/mol. The maximum atomic E-state index is 12.8. The number of piperazine rings is 1. The number of rotatable bonds is 8. The first-order valence-corrected chi connectivity index (χ1v) is 13.5. The van der Waals surface area contributed by atoms with Crippen LogP contribution in [0.4, 0.5) is 11.5 Å². The number of carboxylic acids is 1. The summed E-state index contributed by atoms with van der Waals surface area (Å²) in [5.74, 6) is -0.616. The number of nitrogens with zero attached hydrogens (tertiary/aromatic N) is 3. The maximum Gasteiger partial charge on any atom is 0.336 e. The average Bonchev–Trinajstić information content (AvgIpc) is 2.83. The molecular weight excluding hydrogens is 494 g/mol. The molecule has 1 aromatic heterocycles. The quantitative estimate of drug-likeness (QED) is 0.409. The van der Waals surface area contributed by atoms with E-state index >= 15 is 0 Å². The number of hydrogen-bond donors (Lipinski definition) is 3. The van der Waals surface area contributed by atoms with Crippen LogP contribution in [0.1, 0.15) is 29.8 Å². The number of nitrogens with one attached hydrogen (secondary N) is 2. The first kappa shape index (κ1) is 26.4. The molecule has 11 heteroatoms. The van der Waals surface area contributed by atoms with E-state index < -0.39 is 16.0 Å². The van der Waals surface area contributed by atoms with Crippen LogP contribution in [-0.2, 0) is 14.8 Å². The largest absolute Gasteiger partial charge is 0.478 e. The number of pyridine rings is 1. The van der Waals surface area contributed by atoms with Crippen LogP contribution in [0.5, 0.6) is 0 Å². The van der Waals surface area contributed by atoms with Crippen LogP contribution in [0.25, 0.3) is 10.9 Å². The van der Waals surface area contributed by atoms with E-state index in [0.717, 1.165) is 5.56 Å². The number of carbonyl (C=O) groups is 2. The lowest BCUT2D eigenvalue weighted by Crippen LogP contribution is -2.50. The maximum absolute atomic E-state index is 12.8. The summed E-state index contributed by atoms with van der Waals surface area (Å²) in [5.41, 5.74) is 1.55. The molecular formula is C26H31N5O5S. The lowest BCUT2D eigenvalue weighted by atomic mass is 10.1. The monoisotopic (exact) mass is 525 g/mol. The van der Waals surface area contributed by atoms with Gasteiger partial charge in [-0.25, -0.2) is 18.2 Å². The molecule has 0 aliphatic carbocycles. The molecule has 1 amide bonds. The van der Waals surface area contributed by atoms with Gasteiger partial charge in [-0.05, 0) is 62.7 Å². The fourth-order valence-electron chi connectivity index (χ4n) is 4.32. The van der Waals surface area contributed by atoms with Crippen LogP contribution in [0.15, 0.2) is 53.4 Å². The number of sulfonamides is 1. The molecule has 37 heavy (non-hydrogen) atoms. The molecule has 0 saturated carbocycles. The Kier molecular flexibility index (Phi) is 7.65. The summed E-state index contributed by atoms with van der Waals surface area (Å²) in [5, 5.41) is 13.1. The summed E-state index contributed by atoms with van der Waals surface area (Å²) in [6.07, 6.45) is 0. The number of aromatic carboxylic acids is 1. The van der Waals surface area contributed by atoms with Crippen molar-refractivity contribution < 1.29 is 23.1 Å². The highest BCUT2D eigenvalue weighted by molar-refractivity contribution is 7.92. The molecule has 4 rings (SSSR count). The second kappa shape index (κ2) is 10.7. The number of aromatic nitrogens is 1. The molecule has 1 fully saturated rings. The number of anilines is 2. The highest BCUT2D eigenvalue weighted by Crippen LogP contribution is 2.28. The normalized spacial score (nSPS) is 14.6. The van der Waals surface area contributed by atoms with E-state index in [2.05, 4.69) is 19.9 Å². The third-order valence-corrected chi connectivity index (χ3v) is 7.47. The van der Waals surface area contributed by atoms with Crippen molar-refractivity contribution in [2.45, 2.75) is 31.7 Å². The van der Waals surface area contributed by atoms with Crippen molar-refractivity contribution in [1.82, 2.24) is 15.2 Å². The van der Waals surface area contributed by atoms with Crippen molar-refractivity contribution >= 4 is 44.3 Å². The van der Waals surface area contributed by atoms with Gasteiger partial charge in [0.2, 0.25) is 5.91 Å². The number of carboxylic acid groups (broad SMARTS) is 1. The predicted octanol–water partition coefficient (Wildman–Crippen LogP) is 2.69. The van der Waals surface area contributed by atoms with Crippen LogP contribution in [0, 0.1) is 6.92 Å². The number of carbonyl (C=O) groups excluding carboxylic acids is 1. The third kappa shape index (κ3) is 6.36. The SMILES string of the molecule is Cc1cccc(S(=O)(=O)Nc2ccc3nc(N4CCN(CC(=O)NC(C)C)CC4)cc(C(=O)O)c3c2)c1. The molecule has 0 spiro atoms. The minimum Gasteiger partial charge on any atom is -0.478 e. The van der Waals surface area contributed by atoms with Crippen LogP contribution in [-0.4, -0.2) is 74.1 Å². The summed E-state index contributed by atoms with van der Waals surface area (Å²) < 4.78 is 28.2. The van der Waals surface area contributed by atoms with Gasteiger partial charge in [0, 0.05) is 43.3 Å². The first-order chi connectivity index (χ1) is 17.5. The lowest BCUT2D eigenvalue weighted by Gasteiger charge is -2.35. The van der Waals surface area contributed by atoms with Crippen LogP contribution in [0.2, 0.25) is 0 Å². The Morgan fingerprint density at radius 3 is 2.43 bits per heavy atom. The Bertz CT molecular complexity index is 1430. The minimum absolute atomic E-state index is 0.0192. The van der Waals surface area contributed by atoms with Gasteiger partial charge in [-0.3, -0.25) is 14.4 Å². The Balaban J connectivity index is 1.54. The minimum atomic E-state index is -3.84. The molecule has 3 N–H and O–H groups in total. The fraction of sp³-hybridized carbons (Fsp3) is 0.346. The van der Waals surface area contributed by atoms with E-state index in [1.165, 1.54) is 18.2 Å².